The fourth-order valence-electron chi connectivity index (χ4n) is 2.92. The Morgan fingerprint density at radius 2 is 2.04 bits per heavy atom. The zero-order chi connectivity index (χ0) is 17.1. The molecule has 0 bridgehead atoms. The highest BCUT2D eigenvalue weighted by atomic mass is 16.2. The van der Waals surface area contributed by atoms with Crippen molar-refractivity contribution in [3.8, 4) is 6.07 Å². The molecule has 122 valence electrons. The summed E-state index contributed by atoms with van der Waals surface area (Å²) < 4.78 is 1.07. The van der Waals surface area contributed by atoms with Crippen LogP contribution >= 0.6 is 0 Å². The molecule has 1 aliphatic heterocycles. The van der Waals surface area contributed by atoms with Crippen LogP contribution in [-0.4, -0.2) is 39.6 Å². The number of nitriles is 1. The Morgan fingerprint density at radius 1 is 1.29 bits per heavy atom. The van der Waals surface area contributed by atoms with Crippen molar-refractivity contribution in [1.29, 1.82) is 5.26 Å². The SMILES string of the molecule is N#Cc1cnn(C(=O)C2CCCN(C(=O)c3ccccc3)C2)c1N. The quantitative estimate of drug-likeness (QED) is 0.902. The number of piperidine rings is 1. The standard InChI is InChI=1S/C17H17N5O2/c18-9-14-10-20-22(15(14)19)17(24)13-7-4-8-21(11-13)16(23)12-5-2-1-3-6-12/h1-3,5-6,10,13H,4,7-8,11,19H2. The smallest absolute Gasteiger partial charge is 0.253 e. The lowest BCUT2D eigenvalue weighted by Gasteiger charge is -2.32. The van der Waals surface area contributed by atoms with Crippen LogP contribution in [0.3, 0.4) is 0 Å². The Labute approximate surface area is 139 Å². The summed E-state index contributed by atoms with van der Waals surface area (Å²) in [7, 11) is 0. The third-order valence-electron chi connectivity index (χ3n) is 4.21. The van der Waals surface area contributed by atoms with E-state index in [1.54, 1.807) is 17.0 Å². The summed E-state index contributed by atoms with van der Waals surface area (Å²) in [6, 6.07) is 10.9. The van der Waals surface area contributed by atoms with Crippen molar-refractivity contribution in [3.05, 3.63) is 47.7 Å². The molecule has 1 aromatic carbocycles. The largest absolute Gasteiger partial charge is 0.382 e. The van der Waals surface area contributed by atoms with Gasteiger partial charge in [-0.2, -0.15) is 15.0 Å². The molecule has 0 aliphatic carbocycles. The Morgan fingerprint density at radius 3 is 2.71 bits per heavy atom. The first-order valence-corrected chi connectivity index (χ1v) is 7.74. The van der Waals surface area contributed by atoms with E-state index in [1.165, 1.54) is 6.20 Å². The Bertz CT molecular complexity index is 806. The van der Waals surface area contributed by atoms with Gasteiger partial charge in [0.15, 0.2) is 0 Å². The number of anilines is 1. The average Bonchev–Trinajstić information content (AvgIpc) is 3.02. The van der Waals surface area contributed by atoms with Gasteiger partial charge in [0.2, 0.25) is 0 Å². The van der Waals surface area contributed by atoms with Gasteiger partial charge in [0, 0.05) is 18.7 Å². The van der Waals surface area contributed by atoms with Crippen LogP contribution < -0.4 is 5.73 Å². The van der Waals surface area contributed by atoms with Gasteiger partial charge < -0.3 is 10.6 Å². The first-order valence-electron chi connectivity index (χ1n) is 7.74. The van der Waals surface area contributed by atoms with E-state index in [0.29, 0.717) is 25.1 Å². The molecule has 7 heteroatoms. The lowest BCUT2D eigenvalue weighted by molar-refractivity contribution is 0.0600. The summed E-state index contributed by atoms with van der Waals surface area (Å²) in [4.78, 5) is 26.9. The number of amides is 1. The fraction of sp³-hybridized carbons (Fsp3) is 0.294. The molecular formula is C17H17N5O2. The van der Waals surface area contributed by atoms with Crippen molar-refractivity contribution in [3.63, 3.8) is 0 Å². The van der Waals surface area contributed by atoms with Crippen molar-refractivity contribution in [1.82, 2.24) is 14.7 Å². The van der Waals surface area contributed by atoms with E-state index in [0.717, 1.165) is 11.1 Å². The second-order valence-electron chi connectivity index (χ2n) is 5.76. The molecule has 0 radical (unpaired) electrons. The Hall–Kier alpha value is -3.14. The van der Waals surface area contributed by atoms with E-state index < -0.39 is 0 Å². The van der Waals surface area contributed by atoms with Crippen LogP contribution in [0.15, 0.2) is 36.5 Å². The van der Waals surface area contributed by atoms with Gasteiger partial charge in [-0.1, -0.05) is 18.2 Å². The predicted octanol–water partition coefficient (Wildman–Crippen LogP) is 1.53. The topological polar surface area (TPSA) is 105 Å². The van der Waals surface area contributed by atoms with Crippen LogP contribution in [0.4, 0.5) is 5.82 Å². The molecule has 1 aromatic heterocycles. The highest BCUT2D eigenvalue weighted by molar-refractivity contribution is 5.95. The van der Waals surface area contributed by atoms with Gasteiger partial charge in [-0.05, 0) is 25.0 Å². The van der Waals surface area contributed by atoms with Gasteiger partial charge in [-0.15, -0.1) is 0 Å². The highest BCUT2D eigenvalue weighted by Gasteiger charge is 2.31. The molecule has 1 aliphatic rings. The van der Waals surface area contributed by atoms with Crippen LogP contribution in [-0.2, 0) is 0 Å². The maximum atomic E-state index is 12.6. The van der Waals surface area contributed by atoms with Gasteiger partial charge >= 0.3 is 0 Å². The van der Waals surface area contributed by atoms with Crippen LogP contribution in [0.25, 0.3) is 0 Å². The molecule has 2 aromatic rings. The minimum atomic E-state index is -0.375. The number of likely N-dealkylation sites (tertiary alicyclic amines) is 1. The average molecular weight is 323 g/mol. The molecule has 0 spiro atoms. The third-order valence-corrected chi connectivity index (χ3v) is 4.21. The van der Waals surface area contributed by atoms with Gasteiger partial charge in [-0.3, -0.25) is 9.59 Å². The van der Waals surface area contributed by atoms with E-state index in [-0.39, 0.29) is 29.1 Å². The number of carbonyl (C=O) groups excluding carboxylic acids is 2. The summed E-state index contributed by atoms with van der Waals surface area (Å²) in [6.45, 7) is 0.948. The summed E-state index contributed by atoms with van der Waals surface area (Å²) in [5.74, 6) is -0.687. The molecule has 3 rings (SSSR count). The van der Waals surface area contributed by atoms with Crippen molar-refractivity contribution in [2.75, 3.05) is 18.8 Å². The second-order valence-corrected chi connectivity index (χ2v) is 5.76. The van der Waals surface area contributed by atoms with E-state index >= 15 is 0 Å². The summed E-state index contributed by atoms with van der Waals surface area (Å²) >= 11 is 0. The van der Waals surface area contributed by atoms with E-state index in [2.05, 4.69) is 5.10 Å². The molecule has 1 fully saturated rings. The predicted molar refractivity (Wildman–Crippen MR) is 87.1 cm³/mol. The minimum Gasteiger partial charge on any atom is -0.382 e. The maximum absolute atomic E-state index is 12.6. The van der Waals surface area contributed by atoms with Crippen LogP contribution in [0.1, 0.15) is 33.6 Å². The van der Waals surface area contributed by atoms with E-state index in [4.69, 9.17) is 11.0 Å². The molecule has 1 saturated heterocycles. The lowest BCUT2D eigenvalue weighted by atomic mass is 9.96. The van der Waals surface area contributed by atoms with Crippen molar-refractivity contribution in [2.24, 2.45) is 5.92 Å². The summed E-state index contributed by atoms with van der Waals surface area (Å²) in [6.07, 6.45) is 2.68. The Balaban J connectivity index is 1.76. The fourth-order valence-corrected chi connectivity index (χ4v) is 2.92. The van der Waals surface area contributed by atoms with E-state index in [9.17, 15) is 9.59 Å². The monoisotopic (exact) mass is 323 g/mol. The van der Waals surface area contributed by atoms with Gasteiger partial charge in [0.05, 0.1) is 12.1 Å². The third kappa shape index (κ3) is 2.86. The number of rotatable bonds is 2. The van der Waals surface area contributed by atoms with E-state index in [1.807, 2.05) is 24.3 Å². The minimum absolute atomic E-state index is 0.0500. The maximum Gasteiger partial charge on any atom is 0.253 e. The summed E-state index contributed by atoms with van der Waals surface area (Å²) in [5.41, 5.74) is 6.57. The van der Waals surface area contributed by atoms with Gasteiger partial charge in [-0.25, -0.2) is 0 Å². The number of nitrogens with two attached hydrogens (primary N) is 1. The number of hydrogen-bond acceptors (Lipinski definition) is 5. The van der Waals surface area contributed by atoms with Gasteiger partial charge in [0.1, 0.15) is 17.5 Å². The molecule has 1 amide bonds. The molecular weight excluding hydrogens is 306 g/mol. The first kappa shape index (κ1) is 15.7. The van der Waals surface area contributed by atoms with Crippen molar-refractivity contribution < 1.29 is 9.59 Å². The number of hydrogen-bond donors (Lipinski definition) is 1. The number of benzene rings is 1. The number of aromatic nitrogens is 2. The zero-order valence-electron chi connectivity index (χ0n) is 13.1. The zero-order valence-corrected chi connectivity index (χ0v) is 13.1. The van der Waals surface area contributed by atoms with Crippen LogP contribution in [0.2, 0.25) is 0 Å². The van der Waals surface area contributed by atoms with Crippen molar-refractivity contribution >= 4 is 17.6 Å². The first-order chi connectivity index (χ1) is 11.6. The van der Waals surface area contributed by atoms with Crippen LogP contribution in [0.5, 0.6) is 0 Å². The van der Waals surface area contributed by atoms with Crippen LogP contribution in [0, 0.1) is 17.2 Å². The number of nitrogens with zero attached hydrogens (tertiary/aromatic N) is 4. The molecule has 2 heterocycles. The van der Waals surface area contributed by atoms with Gasteiger partial charge in [0.25, 0.3) is 11.8 Å². The Kier molecular flexibility index (Phi) is 4.29. The normalized spacial score (nSPS) is 17.3. The van der Waals surface area contributed by atoms with Crippen molar-refractivity contribution in [2.45, 2.75) is 12.8 Å². The molecule has 0 saturated carbocycles. The number of carbonyl (C=O) groups is 2. The second kappa shape index (κ2) is 6.54. The molecule has 1 atom stereocenters. The molecule has 24 heavy (non-hydrogen) atoms. The molecule has 1 unspecified atom stereocenters. The number of nitrogen functional groups attached to an aromatic ring is 1. The highest BCUT2D eigenvalue weighted by Crippen LogP contribution is 2.22. The summed E-state index contributed by atoms with van der Waals surface area (Å²) in [5, 5.41) is 12.8. The molecule has 7 nitrogen and oxygen atoms in total. The molecule has 2 N–H and O–H groups in total. The lowest BCUT2D eigenvalue weighted by Crippen LogP contribution is -2.43.